The van der Waals surface area contributed by atoms with Crippen LogP contribution in [-0.2, 0) is 19.5 Å². The van der Waals surface area contributed by atoms with Crippen molar-refractivity contribution in [2.45, 2.75) is 26.4 Å². The molecule has 24 heavy (non-hydrogen) atoms. The first-order valence-electron chi connectivity index (χ1n) is 7.60. The van der Waals surface area contributed by atoms with E-state index in [0.717, 1.165) is 17.1 Å². The van der Waals surface area contributed by atoms with Gasteiger partial charge in [-0.2, -0.15) is 4.80 Å². The maximum Gasteiger partial charge on any atom is 0.254 e. The number of benzene rings is 1. The van der Waals surface area contributed by atoms with Crippen LogP contribution in [0.4, 0.5) is 0 Å². The van der Waals surface area contributed by atoms with Gasteiger partial charge in [0.05, 0.1) is 23.8 Å². The van der Waals surface area contributed by atoms with Crippen molar-refractivity contribution in [3.8, 4) is 0 Å². The summed E-state index contributed by atoms with van der Waals surface area (Å²) in [5.74, 6) is 0.459. The Morgan fingerprint density at radius 3 is 2.79 bits per heavy atom. The fraction of sp³-hybridized carbons (Fsp3) is 0.312. The van der Waals surface area contributed by atoms with Crippen molar-refractivity contribution >= 4 is 17.2 Å². The van der Waals surface area contributed by atoms with Gasteiger partial charge in [0.1, 0.15) is 0 Å². The Morgan fingerprint density at radius 1 is 1.29 bits per heavy atom. The molecule has 0 N–H and O–H groups in total. The molecule has 1 amide bonds. The van der Waals surface area contributed by atoms with Gasteiger partial charge in [-0.1, -0.05) is 18.2 Å². The smallest absolute Gasteiger partial charge is 0.254 e. The number of amides is 1. The third-order valence-corrected chi connectivity index (χ3v) is 4.30. The number of carbonyl (C=O) groups is 1. The monoisotopic (exact) mass is 342 g/mol. The quantitative estimate of drug-likeness (QED) is 0.684. The fourth-order valence-corrected chi connectivity index (χ4v) is 2.90. The van der Waals surface area contributed by atoms with Crippen LogP contribution in [0.2, 0.25) is 0 Å². The molecule has 3 rings (SSSR count). The van der Waals surface area contributed by atoms with Crippen LogP contribution in [0, 0.1) is 6.92 Å². The molecule has 0 fully saturated rings. The zero-order chi connectivity index (χ0) is 16.9. The van der Waals surface area contributed by atoms with Crippen molar-refractivity contribution in [3.05, 3.63) is 57.8 Å². The van der Waals surface area contributed by atoms with Crippen LogP contribution in [0.15, 0.2) is 35.7 Å². The Balaban J connectivity index is 1.56. The second-order valence-electron chi connectivity index (χ2n) is 5.44. The van der Waals surface area contributed by atoms with Gasteiger partial charge in [0.2, 0.25) is 0 Å². The molecule has 0 saturated carbocycles. The molecule has 0 aliphatic carbocycles. The number of rotatable bonds is 6. The predicted molar refractivity (Wildman–Crippen MR) is 90.6 cm³/mol. The summed E-state index contributed by atoms with van der Waals surface area (Å²) in [7, 11) is 1.73. The van der Waals surface area contributed by atoms with Gasteiger partial charge in [-0.05, 0) is 24.3 Å². The van der Waals surface area contributed by atoms with Crippen LogP contribution in [-0.4, -0.2) is 43.0 Å². The highest BCUT2D eigenvalue weighted by atomic mass is 32.1. The standard InChI is InChI=1S/C16H18N6OS/c1-12-17-14(11-24-12)8-9-22-19-15(18-20-22)10-21(2)16(23)13-6-4-3-5-7-13/h3-7,11H,8-10H2,1-2H3. The summed E-state index contributed by atoms with van der Waals surface area (Å²) in [6.45, 7) is 2.93. The summed E-state index contributed by atoms with van der Waals surface area (Å²) in [6, 6.07) is 9.15. The first-order valence-corrected chi connectivity index (χ1v) is 8.48. The number of carbonyl (C=O) groups excluding carboxylic acids is 1. The third-order valence-electron chi connectivity index (χ3n) is 3.47. The minimum absolute atomic E-state index is 0.0649. The average Bonchev–Trinajstić information content (AvgIpc) is 3.22. The molecule has 0 atom stereocenters. The van der Waals surface area contributed by atoms with Crippen molar-refractivity contribution in [1.29, 1.82) is 0 Å². The van der Waals surface area contributed by atoms with E-state index in [1.54, 1.807) is 40.2 Å². The van der Waals surface area contributed by atoms with Gasteiger partial charge in [-0.15, -0.1) is 21.5 Å². The van der Waals surface area contributed by atoms with Crippen LogP contribution < -0.4 is 0 Å². The van der Waals surface area contributed by atoms with E-state index >= 15 is 0 Å². The van der Waals surface area contributed by atoms with Gasteiger partial charge < -0.3 is 4.90 Å². The first kappa shape index (κ1) is 16.3. The minimum Gasteiger partial charge on any atom is -0.334 e. The van der Waals surface area contributed by atoms with Crippen LogP contribution in [0.25, 0.3) is 0 Å². The molecule has 3 aromatic rings. The minimum atomic E-state index is -0.0649. The lowest BCUT2D eigenvalue weighted by atomic mass is 10.2. The maximum atomic E-state index is 12.3. The summed E-state index contributed by atoms with van der Waals surface area (Å²) in [5.41, 5.74) is 1.68. The summed E-state index contributed by atoms with van der Waals surface area (Å²) in [5, 5.41) is 15.5. The van der Waals surface area contributed by atoms with E-state index in [2.05, 4.69) is 20.4 Å². The van der Waals surface area contributed by atoms with E-state index in [0.29, 0.717) is 24.5 Å². The number of tetrazole rings is 1. The molecule has 2 heterocycles. The van der Waals surface area contributed by atoms with Crippen LogP contribution in [0.3, 0.4) is 0 Å². The van der Waals surface area contributed by atoms with Gasteiger partial charge in [0, 0.05) is 24.4 Å². The Bertz CT molecular complexity index is 813. The van der Waals surface area contributed by atoms with Crippen molar-refractivity contribution in [2.24, 2.45) is 0 Å². The van der Waals surface area contributed by atoms with Gasteiger partial charge >= 0.3 is 0 Å². The van der Waals surface area contributed by atoms with Gasteiger partial charge in [0.25, 0.3) is 5.91 Å². The molecular formula is C16H18N6OS. The number of hydrogen-bond donors (Lipinski definition) is 0. The van der Waals surface area contributed by atoms with Crippen LogP contribution >= 0.6 is 11.3 Å². The van der Waals surface area contributed by atoms with E-state index in [4.69, 9.17) is 0 Å². The molecule has 0 aliphatic rings. The SMILES string of the molecule is Cc1nc(CCn2nnc(CN(C)C(=O)c3ccccc3)n2)cs1. The first-order chi connectivity index (χ1) is 11.6. The van der Waals surface area contributed by atoms with E-state index in [-0.39, 0.29) is 5.91 Å². The highest BCUT2D eigenvalue weighted by Crippen LogP contribution is 2.09. The molecule has 0 bridgehead atoms. The van der Waals surface area contributed by atoms with Crippen molar-refractivity contribution in [3.63, 3.8) is 0 Å². The average molecular weight is 342 g/mol. The highest BCUT2D eigenvalue weighted by molar-refractivity contribution is 7.09. The number of hydrogen-bond acceptors (Lipinski definition) is 6. The second kappa shape index (κ2) is 7.31. The van der Waals surface area contributed by atoms with Gasteiger partial charge in [0.15, 0.2) is 5.82 Å². The zero-order valence-electron chi connectivity index (χ0n) is 13.6. The molecule has 8 heteroatoms. The zero-order valence-corrected chi connectivity index (χ0v) is 14.4. The molecule has 0 spiro atoms. The van der Waals surface area contributed by atoms with E-state index in [1.807, 2.05) is 30.5 Å². The van der Waals surface area contributed by atoms with E-state index in [9.17, 15) is 4.79 Å². The van der Waals surface area contributed by atoms with Crippen molar-refractivity contribution < 1.29 is 4.79 Å². The number of nitrogens with zero attached hydrogens (tertiary/aromatic N) is 6. The normalized spacial score (nSPS) is 10.8. The molecule has 0 radical (unpaired) electrons. The van der Waals surface area contributed by atoms with Crippen LogP contribution in [0.1, 0.15) is 26.9 Å². The van der Waals surface area contributed by atoms with Crippen molar-refractivity contribution in [2.75, 3.05) is 7.05 Å². The molecule has 1 aromatic carbocycles. The topological polar surface area (TPSA) is 76.8 Å². The highest BCUT2D eigenvalue weighted by Gasteiger charge is 2.14. The molecule has 0 unspecified atom stereocenters. The molecule has 0 aliphatic heterocycles. The van der Waals surface area contributed by atoms with Gasteiger partial charge in [-0.3, -0.25) is 4.79 Å². The summed E-state index contributed by atoms with van der Waals surface area (Å²) in [6.07, 6.45) is 0.763. The molecule has 2 aromatic heterocycles. The Morgan fingerprint density at radius 2 is 2.08 bits per heavy atom. The summed E-state index contributed by atoms with van der Waals surface area (Å²) in [4.78, 5) is 19.8. The number of aryl methyl sites for hydroxylation is 3. The lowest BCUT2D eigenvalue weighted by molar-refractivity contribution is 0.0781. The second-order valence-corrected chi connectivity index (χ2v) is 6.50. The van der Waals surface area contributed by atoms with Crippen LogP contribution in [0.5, 0.6) is 0 Å². The fourth-order valence-electron chi connectivity index (χ4n) is 2.26. The maximum absolute atomic E-state index is 12.3. The van der Waals surface area contributed by atoms with E-state index in [1.165, 1.54) is 0 Å². The molecule has 7 nitrogen and oxygen atoms in total. The lowest BCUT2D eigenvalue weighted by Crippen LogP contribution is -2.26. The third kappa shape index (κ3) is 4.02. The Hall–Kier alpha value is -2.61. The number of thiazole rings is 1. The lowest BCUT2D eigenvalue weighted by Gasteiger charge is -2.14. The summed E-state index contributed by atoms with van der Waals surface area (Å²) < 4.78 is 0. The van der Waals surface area contributed by atoms with E-state index < -0.39 is 0 Å². The summed E-state index contributed by atoms with van der Waals surface area (Å²) >= 11 is 1.63. The predicted octanol–water partition coefficient (Wildman–Crippen LogP) is 1.95. The van der Waals surface area contributed by atoms with Gasteiger partial charge in [-0.25, -0.2) is 4.98 Å². The molecule has 0 saturated heterocycles. The Labute approximate surface area is 144 Å². The Kier molecular flexibility index (Phi) is 4.95. The van der Waals surface area contributed by atoms with Crippen molar-refractivity contribution in [1.82, 2.24) is 30.1 Å². The largest absolute Gasteiger partial charge is 0.334 e. The molecular weight excluding hydrogens is 324 g/mol. The molecule has 124 valence electrons. The number of aromatic nitrogens is 5.